The maximum atomic E-state index is 12.4. The number of fused-ring (bicyclic) bond motifs is 1. The molecule has 0 bridgehead atoms. The molecule has 2 aromatic rings. The molecule has 0 saturated heterocycles. The second-order valence-corrected chi connectivity index (χ2v) is 7.67. The molecule has 0 atom stereocenters. The smallest absolute Gasteiger partial charge is 0.267 e. The van der Waals surface area contributed by atoms with Gasteiger partial charge in [0.15, 0.2) is 0 Å². The third-order valence-electron chi connectivity index (χ3n) is 4.24. The Balaban J connectivity index is 1.79. The highest BCUT2D eigenvalue weighted by Crippen LogP contribution is 2.27. The number of primary sulfonamides is 1. The first-order valence-corrected chi connectivity index (χ1v) is 9.84. The average molecular weight is 382 g/mol. The van der Waals surface area contributed by atoms with Crippen LogP contribution in [-0.4, -0.2) is 20.9 Å². The van der Waals surface area contributed by atoms with E-state index < -0.39 is 15.9 Å². The molecule has 0 spiro atoms. The summed E-state index contributed by atoms with van der Waals surface area (Å²) in [5.41, 5.74) is 2.49. The van der Waals surface area contributed by atoms with Crippen LogP contribution in [0.3, 0.4) is 0 Å². The lowest BCUT2D eigenvalue weighted by Crippen LogP contribution is -2.26. The van der Waals surface area contributed by atoms with E-state index in [-0.39, 0.29) is 10.5 Å². The lowest BCUT2D eigenvalue weighted by molar-refractivity contribution is -0.112. The van der Waals surface area contributed by atoms with Gasteiger partial charge in [0.25, 0.3) is 5.91 Å². The molecule has 0 unspecified atom stereocenters. The molecule has 138 valence electrons. The second kappa shape index (κ2) is 7.61. The maximum absolute atomic E-state index is 12.4. The number of para-hydroxylation sites is 1. The molecule has 0 aliphatic carbocycles. The largest absolute Gasteiger partial charge is 0.346 e. The fourth-order valence-electron chi connectivity index (χ4n) is 2.92. The molecule has 1 aliphatic rings. The van der Waals surface area contributed by atoms with E-state index in [0.717, 1.165) is 25.1 Å². The van der Waals surface area contributed by atoms with Crippen molar-refractivity contribution in [2.24, 2.45) is 5.14 Å². The topological polar surface area (TPSA) is 116 Å². The Morgan fingerprint density at radius 3 is 2.56 bits per heavy atom. The number of nitrogens with two attached hydrogens (primary N) is 1. The van der Waals surface area contributed by atoms with Crippen molar-refractivity contribution in [2.45, 2.75) is 17.7 Å². The van der Waals surface area contributed by atoms with Gasteiger partial charge in [-0.1, -0.05) is 18.2 Å². The van der Waals surface area contributed by atoms with Crippen molar-refractivity contribution in [3.8, 4) is 6.07 Å². The van der Waals surface area contributed by atoms with Crippen LogP contribution >= 0.6 is 0 Å². The first kappa shape index (κ1) is 18.6. The summed E-state index contributed by atoms with van der Waals surface area (Å²) in [5, 5.41) is 17.0. The Morgan fingerprint density at radius 2 is 1.89 bits per heavy atom. The Labute approximate surface area is 157 Å². The number of carbonyl (C=O) groups excluding carboxylic acids is 1. The summed E-state index contributed by atoms with van der Waals surface area (Å²) in [6.45, 7) is 0.721. The fourth-order valence-corrected chi connectivity index (χ4v) is 3.43. The molecule has 0 aromatic heterocycles. The molecule has 8 heteroatoms. The molecule has 1 amide bonds. The zero-order chi connectivity index (χ0) is 19.4. The number of benzene rings is 2. The van der Waals surface area contributed by atoms with Crippen molar-refractivity contribution in [3.05, 3.63) is 65.9 Å². The quantitative estimate of drug-likeness (QED) is 0.621. The fraction of sp³-hybridized carbons (Fsp3) is 0.158. The monoisotopic (exact) mass is 382 g/mol. The van der Waals surface area contributed by atoms with Crippen LogP contribution in [0.15, 0.2) is 65.2 Å². The Bertz CT molecular complexity index is 1040. The van der Waals surface area contributed by atoms with Crippen LogP contribution in [0.25, 0.3) is 0 Å². The Hall–Kier alpha value is -3.15. The Kier molecular flexibility index (Phi) is 5.26. The third kappa shape index (κ3) is 4.34. The van der Waals surface area contributed by atoms with Gasteiger partial charge in [-0.05, 0) is 48.7 Å². The molecular formula is C19H18N4O3S. The van der Waals surface area contributed by atoms with Crippen molar-refractivity contribution < 1.29 is 13.2 Å². The predicted molar refractivity (Wildman–Crippen MR) is 102 cm³/mol. The van der Waals surface area contributed by atoms with Crippen molar-refractivity contribution in [1.29, 1.82) is 5.26 Å². The molecule has 3 N–H and O–H groups in total. The molecule has 2 aromatic carbocycles. The molecular weight excluding hydrogens is 364 g/mol. The second-order valence-electron chi connectivity index (χ2n) is 6.10. The summed E-state index contributed by atoms with van der Waals surface area (Å²) in [6.07, 6.45) is 3.44. The zero-order valence-electron chi connectivity index (χ0n) is 14.4. The van der Waals surface area contributed by atoms with Crippen molar-refractivity contribution in [1.82, 2.24) is 0 Å². The number of nitriles is 1. The van der Waals surface area contributed by atoms with Crippen LogP contribution in [0.5, 0.6) is 0 Å². The molecule has 0 radical (unpaired) electrons. The predicted octanol–water partition coefficient (Wildman–Crippen LogP) is 2.13. The van der Waals surface area contributed by atoms with Gasteiger partial charge in [-0.15, -0.1) is 0 Å². The van der Waals surface area contributed by atoms with Gasteiger partial charge in [0.05, 0.1) is 4.90 Å². The maximum Gasteiger partial charge on any atom is 0.267 e. The zero-order valence-corrected chi connectivity index (χ0v) is 15.2. The summed E-state index contributed by atoms with van der Waals surface area (Å²) in [4.78, 5) is 14.3. The number of rotatable bonds is 4. The van der Waals surface area contributed by atoms with Gasteiger partial charge in [-0.25, -0.2) is 13.6 Å². The van der Waals surface area contributed by atoms with Crippen LogP contribution in [0.4, 0.5) is 11.4 Å². The van der Waals surface area contributed by atoms with E-state index in [1.165, 1.54) is 29.8 Å². The molecule has 0 fully saturated rings. The van der Waals surface area contributed by atoms with Crippen LogP contribution in [0.1, 0.15) is 12.0 Å². The van der Waals surface area contributed by atoms with Crippen LogP contribution < -0.4 is 15.4 Å². The molecule has 1 aliphatic heterocycles. The number of anilines is 2. The van der Waals surface area contributed by atoms with Crippen molar-refractivity contribution >= 4 is 27.3 Å². The number of hydrogen-bond donors (Lipinski definition) is 2. The summed E-state index contributed by atoms with van der Waals surface area (Å²) < 4.78 is 22.6. The lowest BCUT2D eigenvalue weighted by Gasteiger charge is -2.28. The van der Waals surface area contributed by atoms with Crippen molar-refractivity contribution in [2.75, 3.05) is 16.8 Å². The van der Waals surface area contributed by atoms with E-state index in [1.807, 2.05) is 35.2 Å². The summed E-state index contributed by atoms with van der Waals surface area (Å²) >= 11 is 0. The van der Waals surface area contributed by atoms with E-state index >= 15 is 0 Å². The van der Waals surface area contributed by atoms with Gasteiger partial charge < -0.3 is 10.2 Å². The van der Waals surface area contributed by atoms with E-state index in [4.69, 9.17) is 5.14 Å². The van der Waals surface area contributed by atoms with Gasteiger partial charge in [0.2, 0.25) is 10.0 Å². The first-order valence-electron chi connectivity index (χ1n) is 8.29. The van der Waals surface area contributed by atoms with E-state index in [1.54, 1.807) is 6.20 Å². The number of hydrogen-bond acceptors (Lipinski definition) is 5. The Morgan fingerprint density at radius 1 is 1.19 bits per heavy atom. The SMILES string of the molecule is N#C/C(=C/N1CCCc2ccccc21)C(=O)Nc1ccc(S(N)(=O)=O)cc1. The van der Waals surface area contributed by atoms with Gasteiger partial charge in [0.1, 0.15) is 11.6 Å². The van der Waals surface area contributed by atoms with Gasteiger partial charge in [-0.3, -0.25) is 4.79 Å². The number of carbonyl (C=O) groups is 1. The molecule has 0 saturated carbocycles. The number of nitrogens with one attached hydrogen (secondary N) is 1. The van der Waals surface area contributed by atoms with E-state index in [9.17, 15) is 18.5 Å². The van der Waals surface area contributed by atoms with Crippen LogP contribution in [0.2, 0.25) is 0 Å². The minimum atomic E-state index is -3.80. The highest BCUT2D eigenvalue weighted by molar-refractivity contribution is 7.89. The molecule has 27 heavy (non-hydrogen) atoms. The molecule has 1 heterocycles. The van der Waals surface area contributed by atoms with Crippen LogP contribution in [0, 0.1) is 11.3 Å². The standard InChI is InChI=1S/C19H18N4O3S/c20-12-15(13-23-11-3-5-14-4-1-2-6-18(14)23)19(24)22-16-7-9-17(10-8-16)27(21,25)26/h1-2,4,6-10,13H,3,5,11H2,(H,22,24)(H2,21,25,26)/b15-13-. The summed E-state index contributed by atoms with van der Waals surface area (Å²) in [5.74, 6) is -0.566. The van der Waals surface area contributed by atoms with Gasteiger partial charge in [-0.2, -0.15) is 5.26 Å². The van der Waals surface area contributed by atoms with Crippen LogP contribution in [-0.2, 0) is 21.2 Å². The van der Waals surface area contributed by atoms with Crippen molar-refractivity contribution in [3.63, 3.8) is 0 Å². The average Bonchev–Trinajstić information content (AvgIpc) is 2.65. The highest BCUT2D eigenvalue weighted by Gasteiger charge is 2.18. The number of amides is 1. The third-order valence-corrected chi connectivity index (χ3v) is 5.17. The number of aryl methyl sites for hydroxylation is 1. The minimum Gasteiger partial charge on any atom is -0.346 e. The molecule has 3 rings (SSSR count). The summed E-state index contributed by atoms with van der Waals surface area (Å²) in [6, 6.07) is 15.2. The van der Waals surface area contributed by atoms with Gasteiger partial charge in [0, 0.05) is 24.1 Å². The normalized spacial score (nSPS) is 14.2. The first-order chi connectivity index (χ1) is 12.9. The minimum absolute atomic E-state index is 0.0396. The lowest BCUT2D eigenvalue weighted by atomic mass is 10.0. The molecule has 7 nitrogen and oxygen atoms in total. The van der Waals surface area contributed by atoms with Gasteiger partial charge >= 0.3 is 0 Å². The highest BCUT2D eigenvalue weighted by atomic mass is 32.2. The van der Waals surface area contributed by atoms with E-state index in [0.29, 0.717) is 5.69 Å². The number of nitrogens with zero attached hydrogens (tertiary/aromatic N) is 2. The number of sulfonamides is 1. The summed E-state index contributed by atoms with van der Waals surface area (Å²) in [7, 11) is -3.80. The van der Waals surface area contributed by atoms with E-state index in [2.05, 4.69) is 5.32 Å².